The number of para-hydroxylation sites is 2. The highest BCUT2D eigenvalue weighted by Crippen LogP contribution is 2.32. The zero-order valence-electron chi connectivity index (χ0n) is 16.6. The first-order valence-electron chi connectivity index (χ1n) is 10.4. The fraction of sp³-hybridized carbons (Fsp3) is 0.0345. The van der Waals surface area contributed by atoms with Crippen molar-refractivity contribution < 1.29 is 0 Å². The molecule has 6 aromatic rings. The van der Waals surface area contributed by atoms with Gasteiger partial charge in [-0.3, -0.25) is 0 Å². The molecular formula is C29H21N. The highest BCUT2D eigenvalue weighted by atomic mass is 15.0. The molecule has 0 spiro atoms. The Hall–Kier alpha value is -3.84. The minimum Gasteiger partial charge on any atom is -0.309 e. The lowest BCUT2D eigenvalue weighted by molar-refractivity contribution is 1.15. The molecule has 30 heavy (non-hydrogen) atoms. The van der Waals surface area contributed by atoms with Gasteiger partial charge in [0.05, 0.1) is 11.0 Å². The third-order valence-corrected chi connectivity index (χ3v) is 6.05. The molecule has 0 unspecified atom stereocenters. The molecular weight excluding hydrogens is 362 g/mol. The summed E-state index contributed by atoms with van der Waals surface area (Å²) in [7, 11) is 0. The van der Waals surface area contributed by atoms with E-state index in [1.54, 1.807) is 0 Å². The van der Waals surface area contributed by atoms with Crippen molar-refractivity contribution in [3.63, 3.8) is 0 Å². The second-order valence-electron chi connectivity index (χ2n) is 7.85. The van der Waals surface area contributed by atoms with Crippen LogP contribution in [0.25, 0.3) is 38.3 Å². The summed E-state index contributed by atoms with van der Waals surface area (Å²) >= 11 is 0. The Morgan fingerprint density at radius 2 is 1.03 bits per heavy atom. The molecule has 0 saturated carbocycles. The topological polar surface area (TPSA) is 4.93 Å². The summed E-state index contributed by atoms with van der Waals surface area (Å²) in [5.41, 5.74) is 6.41. The number of aromatic nitrogens is 1. The van der Waals surface area contributed by atoms with Crippen LogP contribution in [0.15, 0.2) is 115 Å². The van der Waals surface area contributed by atoms with E-state index in [4.69, 9.17) is 0 Å². The van der Waals surface area contributed by atoms with Crippen LogP contribution in [0.5, 0.6) is 0 Å². The molecule has 0 aliphatic heterocycles. The minimum absolute atomic E-state index is 0.939. The van der Waals surface area contributed by atoms with Gasteiger partial charge in [0.25, 0.3) is 0 Å². The molecule has 0 saturated heterocycles. The van der Waals surface area contributed by atoms with E-state index in [-0.39, 0.29) is 0 Å². The summed E-state index contributed by atoms with van der Waals surface area (Å²) in [6.45, 7) is 0. The Balaban J connectivity index is 1.43. The van der Waals surface area contributed by atoms with Crippen LogP contribution in [0.1, 0.15) is 11.1 Å². The van der Waals surface area contributed by atoms with Gasteiger partial charge >= 0.3 is 0 Å². The average molecular weight is 383 g/mol. The van der Waals surface area contributed by atoms with Crippen LogP contribution in [0, 0.1) is 0 Å². The van der Waals surface area contributed by atoms with Gasteiger partial charge in [-0.2, -0.15) is 0 Å². The maximum Gasteiger partial charge on any atom is 0.0541 e. The zero-order valence-corrected chi connectivity index (χ0v) is 16.6. The smallest absolute Gasteiger partial charge is 0.0541 e. The molecule has 0 atom stereocenters. The predicted octanol–water partition coefficient (Wildman–Crippen LogP) is 7.53. The molecule has 1 nitrogen and oxygen atoms in total. The number of rotatable bonds is 3. The van der Waals surface area contributed by atoms with E-state index in [1.165, 1.54) is 49.4 Å². The van der Waals surface area contributed by atoms with Gasteiger partial charge in [0.15, 0.2) is 0 Å². The lowest BCUT2D eigenvalue weighted by atomic mass is 9.98. The second kappa shape index (κ2) is 6.89. The second-order valence-corrected chi connectivity index (χ2v) is 7.85. The number of nitrogens with zero attached hydrogens (tertiary/aromatic N) is 1. The van der Waals surface area contributed by atoms with Crippen molar-refractivity contribution in [2.75, 3.05) is 0 Å². The van der Waals surface area contributed by atoms with Crippen LogP contribution in [0.3, 0.4) is 0 Å². The SMILES string of the molecule is c1ccc2c(Cc3ccc(-n4c5ccccc5c5ccccc54)cc3)cccc2c1. The molecule has 0 amide bonds. The molecule has 0 N–H and O–H groups in total. The first-order valence-corrected chi connectivity index (χ1v) is 10.4. The van der Waals surface area contributed by atoms with E-state index in [2.05, 4.69) is 120 Å². The molecule has 1 heterocycles. The number of hydrogen-bond donors (Lipinski definition) is 0. The van der Waals surface area contributed by atoms with Crippen LogP contribution in [0.4, 0.5) is 0 Å². The van der Waals surface area contributed by atoms with Crippen LogP contribution in [-0.2, 0) is 6.42 Å². The van der Waals surface area contributed by atoms with Crippen molar-refractivity contribution in [2.45, 2.75) is 6.42 Å². The summed E-state index contributed by atoms with van der Waals surface area (Å²) in [6, 6.07) is 41.5. The number of hydrogen-bond acceptors (Lipinski definition) is 0. The number of benzene rings is 5. The van der Waals surface area contributed by atoms with E-state index in [0.29, 0.717) is 0 Å². The molecule has 0 bridgehead atoms. The summed E-state index contributed by atoms with van der Waals surface area (Å²) < 4.78 is 2.37. The van der Waals surface area contributed by atoms with Crippen molar-refractivity contribution in [1.29, 1.82) is 0 Å². The first-order chi connectivity index (χ1) is 14.9. The Kier molecular flexibility index (Phi) is 3.92. The first kappa shape index (κ1) is 17.1. The van der Waals surface area contributed by atoms with E-state index in [1.807, 2.05) is 0 Å². The molecule has 0 fully saturated rings. The monoisotopic (exact) mass is 383 g/mol. The Labute approximate surface area is 175 Å². The van der Waals surface area contributed by atoms with E-state index in [9.17, 15) is 0 Å². The fourth-order valence-corrected chi connectivity index (χ4v) is 4.63. The standard InChI is InChI=1S/C29H21N/c1-2-11-25-22(8-1)9-7-10-23(25)20-21-16-18-24(19-17-21)30-28-14-5-3-12-26(28)27-13-4-6-15-29(27)30/h1-19H,20H2. The van der Waals surface area contributed by atoms with Gasteiger partial charge < -0.3 is 4.57 Å². The van der Waals surface area contributed by atoms with Crippen molar-refractivity contribution >= 4 is 32.6 Å². The molecule has 1 aromatic heterocycles. The van der Waals surface area contributed by atoms with E-state index in [0.717, 1.165) is 6.42 Å². The number of fused-ring (bicyclic) bond motifs is 4. The van der Waals surface area contributed by atoms with Gasteiger partial charge in [-0.25, -0.2) is 0 Å². The quantitative estimate of drug-likeness (QED) is 0.298. The molecule has 142 valence electrons. The molecule has 0 aliphatic rings. The molecule has 1 heteroatoms. The Morgan fingerprint density at radius 1 is 0.467 bits per heavy atom. The van der Waals surface area contributed by atoms with Crippen molar-refractivity contribution in [1.82, 2.24) is 4.57 Å². The largest absolute Gasteiger partial charge is 0.309 e. The normalized spacial score (nSPS) is 11.5. The Bertz CT molecular complexity index is 1440. The average Bonchev–Trinajstić information content (AvgIpc) is 3.15. The fourth-order valence-electron chi connectivity index (χ4n) is 4.63. The van der Waals surface area contributed by atoms with Gasteiger partial charge in [-0.15, -0.1) is 0 Å². The van der Waals surface area contributed by atoms with Gasteiger partial charge in [0, 0.05) is 16.5 Å². The van der Waals surface area contributed by atoms with Crippen LogP contribution in [0.2, 0.25) is 0 Å². The Morgan fingerprint density at radius 3 is 1.73 bits per heavy atom. The summed E-state index contributed by atoms with van der Waals surface area (Å²) in [5, 5.41) is 5.24. The highest BCUT2D eigenvalue weighted by molar-refractivity contribution is 6.09. The van der Waals surface area contributed by atoms with Crippen molar-refractivity contribution in [3.05, 3.63) is 126 Å². The summed E-state index contributed by atoms with van der Waals surface area (Å²) in [4.78, 5) is 0. The summed E-state index contributed by atoms with van der Waals surface area (Å²) in [5.74, 6) is 0. The molecule has 0 aliphatic carbocycles. The lowest BCUT2D eigenvalue weighted by Gasteiger charge is -2.10. The van der Waals surface area contributed by atoms with E-state index < -0.39 is 0 Å². The van der Waals surface area contributed by atoms with Crippen LogP contribution < -0.4 is 0 Å². The molecule has 0 radical (unpaired) electrons. The third-order valence-electron chi connectivity index (χ3n) is 6.05. The highest BCUT2D eigenvalue weighted by Gasteiger charge is 2.11. The predicted molar refractivity (Wildman–Crippen MR) is 128 cm³/mol. The van der Waals surface area contributed by atoms with Gasteiger partial charge in [0.1, 0.15) is 0 Å². The van der Waals surface area contributed by atoms with Gasteiger partial charge in [0.2, 0.25) is 0 Å². The minimum atomic E-state index is 0.939. The lowest BCUT2D eigenvalue weighted by Crippen LogP contribution is -1.95. The van der Waals surface area contributed by atoms with Crippen molar-refractivity contribution in [3.8, 4) is 5.69 Å². The van der Waals surface area contributed by atoms with Crippen LogP contribution in [-0.4, -0.2) is 4.57 Å². The van der Waals surface area contributed by atoms with E-state index >= 15 is 0 Å². The molecule has 5 aromatic carbocycles. The summed E-state index contributed by atoms with van der Waals surface area (Å²) in [6.07, 6.45) is 0.939. The maximum absolute atomic E-state index is 2.37. The van der Waals surface area contributed by atoms with Gasteiger partial charge in [-0.1, -0.05) is 91.0 Å². The van der Waals surface area contributed by atoms with Gasteiger partial charge in [-0.05, 0) is 52.6 Å². The van der Waals surface area contributed by atoms with Crippen LogP contribution >= 0.6 is 0 Å². The third kappa shape index (κ3) is 2.71. The zero-order chi connectivity index (χ0) is 19.9. The van der Waals surface area contributed by atoms with Crippen molar-refractivity contribution in [2.24, 2.45) is 0 Å². The molecule has 6 rings (SSSR count). The maximum atomic E-state index is 2.37.